The highest BCUT2D eigenvalue weighted by atomic mass is 32.2. The van der Waals surface area contributed by atoms with Crippen molar-refractivity contribution in [2.45, 2.75) is 45.2 Å². The average Bonchev–Trinajstić information content (AvgIpc) is 3.21. The molecule has 0 aliphatic rings. The van der Waals surface area contributed by atoms with Crippen molar-refractivity contribution >= 4 is 16.0 Å². The van der Waals surface area contributed by atoms with Crippen LogP contribution in [0.5, 0.6) is 5.75 Å². The van der Waals surface area contributed by atoms with E-state index in [0.29, 0.717) is 17.7 Å². The van der Waals surface area contributed by atoms with Crippen molar-refractivity contribution < 1.29 is 26.2 Å². The van der Waals surface area contributed by atoms with E-state index in [1.165, 1.54) is 12.3 Å². The lowest BCUT2D eigenvalue weighted by molar-refractivity contribution is -0.134. The van der Waals surface area contributed by atoms with Crippen molar-refractivity contribution in [3.8, 4) is 5.75 Å². The Morgan fingerprint density at radius 1 is 1.00 bits per heavy atom. The molecule has 1 heterocycles. The number of rotatable bonds is 8. The number of carbonyl (C=O) groups is 1. The first-order valence-corrected chi connectivity index (χ1v) is 11.5. The highest BCUT2D eigenvalue weighted by Gasteiger charge is 2.24. The number of halogens is 1. The summed E-state index contributed by atoms with van der Waals surface area (Å²) in [4.78, 5) is 14.5. The number of para-hydroxylation sites is 1. The lowest BCUT2D eigenvalue weighted by Crippen LogP contribution is -2.33. The number of hydrogen-bond donors (Lipinski definition) is 0. The quantitative estimate of drug-likeness (QED) is 0.435. The van der Waals surface area contributed by atoms with Gasteiger partial charge in [-0.1, -0.05) is 39.0 Å². The van der Waals surface area contributed by atoms with Gasteiger partial charge in [0.1, 0.15) is 22.2 Å². The minimum Gasteiger partial charge on any atom is -0.467 e. The molecule has 0 unspecified atom stereocenters. The maximum absolute atomic E-state index is 13.2. The van der Waals surface area contributed by atoms with Gasteiger partial charge in [-0.3, -0.25) is 4.79 Å². The van der Waals surface area contributed by atoms with Gasteiger partial charge in [0.2, 0.25) is 5.91 Å². The highest BCUT2D eigenvalue weighted by molar-refractivity contribution is 7.87. The summed E-state index contributed by atoms with van der Waals surface area (Å²) in [5, 5.41) is 0. The summed E-state index contributed by atoms with van der Waals surface area (Å²) in [7, 11) is -4.18. The third kappa shape index (κ3) is 6.43. The molecule has 0 spiro atoms. The molecular formula is C24H26FNO5S. The number of benzene rings is 2. The summed E-state index contributed by atoms with van der Waals surface area (Å²) in [6.07, 6.45) is 1.85. The van der Waals surface area contributed by atoms with Crippen LogP contribution in [-0.4, -0.2) is 19.2 Å². The molecule has 0 saturated carbocycles. The van der Waals surface area contributed by atoms with E-state index in [1.54, 1.807) is 35.2 Å². The third-order valence-corrected chi connectivity index (χ3v) is 5.85. The smallest absolute Gasteiger partial charge is 0.339 e. The Morgan fingerprint density at radius 2 is 1.69 bits per heavy atom. The molecule has 1 aromatic heterocycles. The van der Waals surface area contributed by atoms with Gasteiger partial charge in [0, 0.05) is 18.5 Å². The number of amides is 1. The zero-order valence-electron chi connectivity index (χ0n) is 18.2. The third-order valence-electron chi connectivity index (χ3n) is 4.60. The van der Waals surface area contributed by atoms with Crippen molar-refractivity contribution in [1.82, 2.24) is 4.90 Å². The van der Waals surface area contributed by atoms with Crippen LogP contribution in [0.2, 0.25) is 0 Å². The summed E-state index contributed by atoms with van der Waals surface area (Å²) in [6.45, 7) is 6.29. The Morgan fingerprint density at radius 3 is 2.31 bits per heavy atom. The van der Waals surface area contributed by atoms with Gasteiger partial charge in [0.15, 0.2) is 0 Å². The van der Waals surface area contributed by atoms with Crippen LogP contribution in [0, 0.1) is 11.2 Å². The van der Waals surface area contributed by atoms with Gasteiger partial charge in [0.25, 0.3) is 0 Å². The molecule has 6 nitrogen and oxygen atoms in total. The molecule has 170 valence electrons. The van der Waals surface area contributed by atoms with Gasteiger partial charge in [-0.15, -0.1) is 0 Å². The normalized spacial score (nSPS) is 11.9. The van der Waals surface area contributed by atoms with Crippen LogP contribution in [0.15, 0.2) is 76.2 Å². The maximum Gasteiger partial charge on any atom is 0.339 e. The lowest BCUT2D eigenvalue weighted by atomic mass is 9.91. The van der Waals surface area contributed by atoms with E-state index in [0.717, 1.165) is 24.3 Å². The van der Waals surface area contributed by atoms with Gasteiger partial charge in [0.05, 0.1) is 12.8 Å². The van der Waals surface area contributed by atoms with Gasteiger partial charge in [-0.2, -0.15) is 8.42 Å². The second-order valence-corrected chi connectivity index (χ2v) is 10.2. The summed E-state index contributed by atoms with van der Waals surface area (Å²) >= 11 is 0. The van der Waals surface area contributed by atoms with Crippen molar-refractivity contribution in [1.29, 1.82) is 0 Å². The van der Waals surface area contributed by atoms with E-state index in [9.17, 15) is 17.6 Å². The predicted octanol–water partition coefficient (Wildman–Crippen LogP) is 5.15. The molecular weight excluding hydrogens is 433 g/mol. The molecule has 1 amide bonds. The van der Waals surface area contributed by atoms with Gasteiger partial charge < -0.3 is 13.5 Å². The Hall–Kier alpha value is -3.13. The number of nitrogens with zero attached hydrogens (tertiary/aromatic N) is 1. The number of hydrogen-bond acceptors (Lipinski definition) is 5. The molecule has 0 N–H and O–H groups in total. The maximum atomic E-state index is 13.2. The van der Waals surface area contributed by atoms with Crippen LogP contribution in [0.3, 0.4) is 0 Å². The molecule has 0 saturated heterocycles. The molecule has 0 radical (unpaired) electrons. The van der Waals surface area contributed by atoms with E-state index in [1.807, 2.05) is 20.8 Å². The predicted molar refractivity (Wildman–Crippen MR) is 118 cm³/mol. The van der Waals surface area contributed by atoms with Gasteiger partial charge >= 0.3 is 10.1 Å². The Labute approximate surface area is 187 Å². The van der Waals surface area contributed by atoms with Crippen LogP contribution in [0.25, 0.3) is 0 Å². The van der Waals surface area contributed by atoms with Crippen molar-refractivity contribution in [3.63, 3.8) is 0 Å². The van der Waals surface area contributed by atoms with Gasteiger partial charge in [-0.25, -0.2) is 4.39 Å². The summed E-state index contributed by atoms with van der Waals surface area (Å²) in [5.74, 6) is 0.0785. The van der Waals surface area contributed by atoms with E-state index in [4.69, 9.17) is 8.60 Å². The van der Waals surface area contributed by atoms with Crippen LogP contribution < -0.4 is 4.18 Å². The van der Waals surface area contributed by atoms with Crippen LogP contribution in [0.1, 0.15) is 38.5 Å². The first-order valence-electron chi connectivity index (χ1n) is 10.1. The van der Waals surface area contributed by atoms with E-state index >= 15 is 0 Å². The largest absolute Gasteiger partial charge is 0.467 e. The van der Waals surface area contributed by atoms with Crippen LogP contribution in [-0.2, 0) is 28.0 Å². The SMILES string of the molecule is CC(C)(C)CC(=O)N(Cc1ccco1)Cc1ccccc1OS(=O)(=O)c1ccc(F)cc1. The Kier molecular flexibility index (Phi) is 7.03. The summed E-state index contributed by atoms with van der Waals surface area (Å²) in [6, 6.07) is 14.5. The Bertz CT molecular complexity index is 1150. The first kappa shape index (κ1) is 23.5. The summed E-state index contributed by atoms with van der Waals surface area (Å²) < 4.78 is 49.3. The second kappa shape index (κ2) is 9.56. The number of carbonyl (C=O) groups excluding carboxylic acids is 1. The monoisotopic (exact) mass is 459 g/mol. The van der Waals surface area contributed by atoms with Crippen LogP contribution in [0.4, 0.5) is 4.39 Å². The molecule has 8 heteroatoms. The molecule has 0 aliphatic heterocycles. The number of furan rings is 1. The van der Waals surface area contributed by atoms with E-state index in [2.05, 4.69) is 0 Å². The Balaban J connectivity index is 1.87. The van der Waals surface area contributed by atoms with E-state index < -0.39 is 15.9 Å². The molecule has 0 atom stereocenters. The molecule has 0 fully saturated rings. The fourth-order valence-corrected chi connectivity index (χ4v) is 4.04. The minimum absolute atomic E-state index is 0.0925. The minimum atomic E-state index is -4.18. The molecule has 2 aromatic carbocycles. The van der Waals surface area contributed by atoms with Crippen LogP contribution >= 0.6 is 0 Å². The first-order chi connectivity index (χ1) is 15.0. The summed E-state index contributed by atoms with van der Waals surface area (Å²) in [5.41, 5.74) is 0.299. The van der Waals surface area contributed by atoms with E-state index in [-0.39, 0.29) is 35.1 Å². The molecule has 3 aromatic rings. The van der Waals surface area contributed by atoms with Crippen molar-refractivity contribution in [2.24, 2.45) is 5.41 Å². The topological polar surface area (TPSA) is 76.8 Å². The molecule has 3 rings (SSSR count). The fourth-order valence-electron chi connectivity index (χ4n) is 3.08. The molecule has 0 aliphatic carbocycles. The fraction of sp³-hybridized carbons (Fsp3) is 0.292. The van der Waals surface area contributed by atoms with Crippen molar-refractivity contribution in [2.75, 3.05) is 0 Å². The standard InChI is InChI=1S/C24H26FNO5S/c1-24(2,3)15-23(27)26(17-20-8-6-14-30-20)16-18-7-4-5-9-22(18)31-32(28,29)21-12-10-19(25)11-13-21/h4-14H,15-17H2,1-3H3. The van der Waals surface area contributed by atoms with Crippen molar-refractivity contribution in [3.05, 3.63) is 84.1 Å². The average molecular weight is 460 g/mol. The zero-order chi connectivity index (χ0) is 23.4. The second-order valence-electron chi connectivity index (χ2n) is 8.67. The molecule has 0 bridgehead atoms. The lowest BCUT2D eigenvalue weighted by Gasteiger charge is -2.27. The molecule has 32 heavy (non-hydrogen) atoms. The highest BCUT2D eigenvalue weighted by Crippen LogP contribution is 2.27. The van der Waals surface area contributed by atoms with Gasteiger partial charge in [-0.05, 0) is 47.9 Å². The zero-order valence-corrected chi connectivity index (χ0v) is 19.1.